The van der Waals surface area contributed by atoms with Gasteiger partial charge in [0.15, 0.2) is 0 Å². The lowest BCUT2D eigenvalue weighted by Crippen LogP contribution is -2.49. The minimum atomic E-state index is -0.616. The van der Waals surface area contributed by atoms with E-state index >= 15 is 0 Å². The maximum absolute atomic E-state index is 12.0. The average molecular weight is 288 g/mol. The third-order valence-electron chi connectivity index (χ3n) is 3.31. The Bertz CT molecular complexity index is 291. The molecule has 1 amide bonds. The smallest absolute Gasteiger partial charge is 0.328 e. The van der Waals surface area contributed by atoms with Gasteiger partial charge in [0, 0.05) is 6.54 Å². The Hall–Kier alpha value is -1.14. The molecule has 0 radical (unpaired) electrons. The van der Waals surface area contributed by atoms with E-state index in [1.165, 1.54) is 7.11 Å². The van der Waals surface area contributed by atoms with E-state index in [0.717, 1.165) is 19.4 Å². The monoisotopic (exact) mass is 288 g/mol. The van der Waals surface area contributed by atoms with Gasteiger partial charge >= 0.3 is 5.97 Å². The molecule has 6 nitrogen and oxygen atoms in total. The summed E-state index contributed by atoms with van der Waals surface area (Å²) in [5, 5.41) is 11.7. The second kappa shape index (κ2) is 10.6. The number of carbonyl (C=O) groups excluding carboxylic acids is 2. The van der Waals surface area contributed by atoms with Crippen LogP contribution in [0.3, 0.4) is 0 Å². The normalized spacial score (nSPS) is 13.9. The second-order valence-corrected chi connectivity index (χ2v) is 4.95. The first-order chi connectivity index (χ1) is 9.49. The number of rotatable bonds is 10. The molecule has 20 heavy (non-hydrogen) atoms. The molecule has 0 aliphatic rings. The number of hydrogen-bond donors (Lipinski definition) is 2. The number of ether oxygens (including phenoxy) is 1. The molecule has 0 aliphatic heterocycles. The van der Waals surface area contributed by atoms with Gasteiger partial charge in [-0.05, 0) is 18.9 Å². The first kappa shape index (κ1) is 18.9. The molecule has 0 saturated carbocycles. The maximum atomic E-state index is 12.0. The summed E-state index contributed by atoms with van der Waals surface area (Å²) in [7, 11) is 1.32. The number of methoxy groups -OCH3 is 1. The van der Waals surface area contributed by atoms with Crippen molar-refractivity contribution in [3.63, 3.8) is 0 Å². The van der Waals surface area contributed by atoms with Crippen LogP contribution < -0.4 is 5.32 Å². The molecule has 0 heterocycles. The Morgan fingerprint density at radius 1 is 1.30 bits per heavy atom. The van der Waals surface area contributed by atoms with E-state index < -0.39 is 12.0 Å². The van der Waals surface area contributed by atoms with Crippen LogP contribution in [0.5, 0.6) is 0 Å². The number of nitrogens with zero attached hydrogens (tertiary/aromatic N) is 1. The van der Waals surface area contributed by atoms with E-state index in [9.17, 15) is 9.59 Å². The maximum Gasteiger partial charge on any atom is 0.328 e. The van der Waals surface area contributed by atoms with E-state index in [1.54, 1.807) is 0 Å². The number of carbonyl (C=O) groups is 2. The molecule has 0 rings (SSSR count). The lowest BCUT2D eigenvalue weighted by atomic mass is 9.99. The second-order valence-electron chi connectivity index (χ2n) is 4.95. The van der Waals surface area contributed by atoms with E-state index in [2.05, 4.69) is 5.32 Å². The molecule has 2 N–H and O–H groups in total. The van der Waals surface area contributed by atoms with Crippen molar-refractivity contribution in [1.29, 1.82) is 0 Å². The fourth-order valence-corrected chi connectivity index (χ4v) is 1.95. The summed E-state index contributed by atoms with van der Waals surface area (Å²) in [6, 6.07) is -0.616. The number of aliphatic hydroxyl groups excluding tert-OH is 1. The SMILES string of the molecule is CCCN(CCO)CC(=O)N[C@@H](C(=O)OC)[C@@H](C)CC. The zero-order chi connectivity index (χ0) is 15.5. The Morgan fingerprint density at radius 3 is 2.40 bits per heavy atom. The summed E-state index contributed by atoms with van der Waals surface area (Å²) in [6.07, 6.45) is 1.68. The molecule has 0 aromatic rings. The summed E-state index contributed by atoms with van der Waals surface area (Å²) in [4.78, 5) is 25.6. The van der Waals surface area contributed by atoms with Crippen molar-refractivity contribution in [1.82, 2.24) is 10.2 Å². The van der Waals surface area contributed by atoms with Crippen LogP contribution in [0.25, 0.3) is 0 Å². The van der Waals surface area contributed by atoms with Crippen molar-refractivity contribution in [2.45, 2.75) is 39.7 Å². The molecule has 0 unspecified atom stereocenters. The van der Waals surface area contributed by atoms with Crippen molar-refractivity contribution in [3.05, 3.63) is 0 Å². The van der Waals surface area contributed by atoms with Crippen LogP contribution in [0.4, 0.5) is 0 Å². The van der Waals surface area contributed by atoms with Crippen LogP contribution in [-0.2, 0) is 14.3 Å². The van der Waals surface area contributed by atoms with Crippen LogP contribution in [0.15, 0.2) is 0 Å². The minimum Gasteiger partial charge on any atom is -0.467 e. The molecule has 0 aromatic carbocycles. The van der Waals surface area contributed by atoms with Crippen LogP contribution in [0.2, 0.25) is 0 Å². The predicted molar refractivity (Wildman–Crippen MR) is 77.2 cm³/mol. The molecular weight excluding hydrogens is 260 g/mol. The van der Waals surface area contributed by atoms with Crippen molar-refractivity contribution in [3.8, 4) is 0 Å². The molecule has 0 spiro atoms. The lowest BCUT2D eigenvalue weighted by molar-refractivity contribution is -0.146. The zero-order valence-electron chi connectivity index (χ0n) is 13.0. The Morgan fingerprint density at radius 2 is 1.95 bits per heavy atom. The standard InChI is InChI=1S/C14H28N2O4/c1-5-7-16(8-9-17)10-12(18)15-13(11(3)6-2)14(19)20-4/h11,13,17H,5-10H2,1-4H3,(H,15,18)/t11-,13+/m0/s1. The van der Waals surface area contributed by atoms with Gasteiger partial charge < -0.3 is 15.2 Å². The third-order valence-corrected chi connectivity index (χ3v) is 3.31. The number of nitrogens with one attached hydrogen (secondary N) is 1. The van der Waals surface area contributed by atoms with Gasteiger partial charge in [-0.3, -0.25) is 9.69 Å². The summed E-state index contributed by atoms with van der Waals surface area (Å²) in [6.45, 7) is 7.26. The topological polar surface area (TPSA) is 78.9 Å². The van der Waals surface area contributed by atoms with Gasteiger partial charge in [0.2, 0.25) is 5.91 Å². The van der Waals surface area contributed by atoms with Crippen molar-refractivity contribution in [2.24, 2.45) is 5.92 Å². The number of aliphatic hydroxyl groups is 1. The Labute approximate surface area is 121 Å². The molecular formula is C14H28N2O4. The minimum absolute atomic E-state index is 0.0130. The fourth-order valence-electron chi connectivity index (χ4n) is 1.95. The molecule has 2 atom stereocenters. The van der Waals surface area contributed by atoms with Gasteiger partial charge in [0.1, 0.15) is 6.04 Å². The van der Waals surface area contributed by atoms with E-state index in [-0.39, 0.29) is 25.0 Å². The van der Waals surface area contributed by atoms with Crippen molar-refractivity contribution in [2.75, 3.05) is 33.4 Å². The first-order valence-electron chi connectivity index (χ1n) is 7.20. The molecule has 0 bridgehead atoms. The highest BCUT2D eigenvalue weighted by atomic mass is 16.5. The average Bonchev–Trinajstić information content (AvgIpc) is 2.43. The van der Waals surface area contributed by atoms with Crippen molar-refractivity contribution < 1.29 is 19.4 Å². The predicted octanol–water partition coefficient (Wildman–Crippen LogP) is 0.395. The van der Waals surface area contributed by atoms with Crippen LogP contribution in [-0.4, -0.2) is 61.3 Å². The summed E-state index contributed by atoms with van der Waals surface area (Å²) in [5.41, 5.74) is 0. The fraction of sp³-hybridized carbons (Fsp3) is 0.857. The lowest BCUT2D eigenvalue weighted by Gasteiger charge is -2.24. The molecule has 0 fully saturated rings. The molecule has 6 heteroatoms. The number of esters is 1. The van der Waals surface area contributed by atoms with Gasteiger partial charge in [-0.1, -0.05) is 27.2 Å². The Balaban J connectivity index is 4.54. The van der Waals surface area contributed by atoms with E-state index in [4.69, 9.17) is 9.84 Å². The largest absolute Gasteiger partial charge is 0.467 e. The van der Waals surface area contributed by atoms with Crippen LogP contribution >= 0.6 is 0 Å². The van der Waals surface area contributed by atoms with E-state index in [1.807, 2.05) is 25.7 Å². The number of hydrogen-bond acceptors (Lipinski definition) is 5. The zero-order valence-corrected chi connectivity index (χ0v) is 13.0. The summed E-state index contributed by atoms with van der Waals surface area (Å²) < 4.78 is 4.73. The quantitative estimate of drug-likeness (QED) is 0.569. The van der Waals surface area contributed by atoms with Gasteiger partial charge in [0.05, 0.1) is 20.3 Å². The molecule has 0 aromatic heterocycles. The first-order valence-corrected chi connectivity index (χ1v) is 7.20. The molecule has 0 saturated heterocycles. The highest BCUT2D eigenvalue weighted by molar-refractivity contribution is 5.85. The van der Waals surface area contributed by atoms with Gasteiger partial charge in [-0.25, -0.2) is 4.79 Å². The Kier molecular flexibility index (Phi) is 10.0. The van der Waals surface area contributed by atoms with E-state index in [0.29, 0.717) is 6.54 Å². The molecule has 0 aliphatic carbocycles. The highest BCUT2D eigenvalue weighted by Crippen LogP contribution is 2.09. The van der Waals surface area contributed by atoms with Crippen molar-refractivity contribution >= 4 is 11.9 Å². The summed E-state index contributed by atoms with van der Waals surface area (Å²) in [5.74, 6) is -0.622. The van der Waals surface area contributed by atoms with Gasteiger partial charge in [-0.2, -0.15) is 0 Å². The molecule has 118 valence electrons. The van der Waals surface area contributed by atoms with Crippen LogP contribution in [0.1, 0.15) is 33.6 Å². The highest BCUT2D eigenvalue weighted by Gasteiger charge is 2.26. The number of amides is 1. The van der Waals surface area contributed by atoms with Gasteiger partial charge in [0.25, 0.3) is 0 Å². The van der Waals surface area contributed by atoms with Crippen LogP contribution in [0, 0.1) is 5.92 Å². The summed E-state index contributed by atoms with van der Waals surface area (Å²) >= 11 is 0. The third kappa shape index (κ3) is 6.86. The van der Waals surface area contributed by atoms with Gasteiger partial charge in [-0.15, -0.1) is 0 Å².